The van der Waals surface area contributed by atoms with Crippen LogP contribution in [0.1, 0.15) is 88.3 Å². The molecule has 1 aliphatic heterocycles. The van der Waals surface area contributed by atoms with Crippen LogP contribution in [0.4, 0.5) is 0 Å². The first-order valence-corrected chi connectivity index (χ1v) is 16.2. The van der Waals surface area contributed by atoms with Gasteiger partial charge in [0.15, 0.2) is 11.2 Å². The summed E-state index contributed by atoms with van der Waals surface area (Å²) in [6.07, 6.45) is 12.7. The molecule has 0 spiro atoms. The number of hydrogen-bond donors (Lipinski definition) is 2. The molecule has 3 fully saturated rings. The van der Waals surface area contributed by atoms with E-state index in [9.17, 15) is 14.4 Å². The van der Waals surface area contributed by atoms with E-state index in [1.54, 1.807) is 0 Å². The van der Waals surface area contributed by atoms with E-state index in [0.717, 1.165) is 102 Å². The zero-order valence-corrected chi connectivity index (χ0v) is 25.4. The second-order valence-electron chi connectivity index (χ2n) is 12.6. The summed E-state index contributed by atoms with van der Waals surface area (Å²) in [4.78, 5) is 47.5. The number of aryl methyl sites for hydroxylation is 1. The Hall–Kier alpha value is -3.50. The molecule has 0 radical (unpaired) electrons. The maximum absolute atomic E-state index is 14.1. The molecule has 0 unspecified atom stereocenters. The van der Waals surface area contributed by atoms with Crippen LogP contribution in [0.2, 0.25) is 0 Å². The van der Waals surface area contributed by atoms with Crippen LogP contribution in [0.15, 0.2) is 39.4 Å². The number of rotatable bonds is 8. The van der Waals surface area contributed by atoms with Crippen molar-refractivity contribution in [3.8, 4) is 11.4 Å². The van der Waals surface area contributed by atoms with Crippen molar-refractivity contribution in [3.05, 3.63) is 56.2 Å². The van der Waals surface area contributed by atoms with E-state index in [2.05, 4.69) is 10.2 Å². The van der Waals surface area contributed by atoms with Gasteiger partial charge in [-0.1, -0.05) is 62.8 Å². The smallest absolute Gasteiger partial charge is 0.333 e. The molecule has 1 aromatic carbocycles. The average molecular weight is 588 g/mol. The zero-order valence-electron chi connectivity index (χ0n) is 25.4. The van der Waals surface area contributed by atoms with Gasteiger partial charge in [-0.2, -0.15) is 0 Å². The van der Waals surface area contributed by atoms with E-state index < -0.39 is 5.91 Å². The summed E-state index contributed by atoms with van der Waals surface area (Å²) in [5, 5.41) is 3.35. The van der Waals surface area contributed by atoms with Crippen molar-refractivity contribution in [3.63, 3.8) is 0 Å². The molecule has 3 N–H and O–H groups in total. The summed E-state index contributed by atoms with van der Waals surface area (Å²) in [5.41, 5.74) is 8.64. The van der Waals surface area contributed by atoms with Crippen LogP contribution < -0.4 is 22.3 Å². The van der Waals surface area contributed by atoms with Crippen LogP contribution >= 0.6 is 0 Å². The molecule has 0 atom stereocenters. The minimum atomic E-state index is -0.399. The number of amides is 1. The average Bonchev–Trinajstić information content (AvgIpc) is 3.38. The van der Waals surface area contributed by atoms with Gasteiger partial charge in [0.2, 0.25) is 5.91 Å². The summed E-state index contributed by atoms with van der Waals surface area (Å²) >= 11 is 0. The highest BCUT2D eigenvalue weighted by atomic mass is 16.2. The molecule has 43 heavy (non-hydrogen) atoms. The molecule has 2 aliphatic carbocycles. The molecule has 3 aromatic rings. The molecule has 0 bridgehead atoms. The lowest BCUT2D eigenvalue weighted by atomic mass is 9.94. The molecule has 230 valence electrons. The Balaban J connectivity index is 1.36. The second-order valence-corrected chi connectivity index (χ2v) is 12.6. The van der Waals surface area contributed by atoms with Gasteiger partial charge in [-0.25, -0.2) is 9.78 Å². The quantitative estimate of drug-likeness (QED) is 0.388. The molecule has 1 amide bonds. The van der Waals surface area contributed by atoms with Crippen molar-refractivity contribution in [1.82, 2.24) is 28.9 Å². The van der Waals surface area contributed by atoms with Gasteiger partial charge < -0.3 is 20.5 Å². The van der Waals surface area contributed by atoms with Crippen LogP contribution in [0.3, 0.4) is 0 Å². The van der Waals surface area contributed by atoms with Crippen molar-refractivity contribution in [1.29, 1.82) is 0 Å². The summed E-state index contributed by atoms with van der Waals surface area (Å²) in [6, 6.07) is 7.85. The van der Waals surface area contributed by atoms with Gasteiger partial charge in [0.05, 0.1) is 0 Å². The zero-order chi connectivity index (χ0) is 29.9. The fourth-order valence-corrected chi connectivity index (χ4v) is 7.31. The van der Waals surface area contributed by atoms with Crippen LogP contribution in [0.25, 0.3) is 28.6 Å². The Morgan fingerprint density at radius 2 is 1.53 bits per heavy atom. The number of nitrogens with one attached hydrogen (secondary N) is 1. The number of nitrogens with zero attached hydrogens (tertiary/aromatic N) is 5. The van der Waals surface area contributed by atoms with Crippen LogP contribution in [0.5, 0.6) is 0 Å². The maximum atomic E-state index is 14.1. The highest BCUT2D eigenvalue weighted by Gasteiger charge is 2.29. The van der Waals surface area contributed by atoms with Crippen molar-refractivity contribution in [2.24, 2.45) is 12.8 Å². The molecule has 10 nitrogen and oxygen atoms in total. The van der Waals surface area contributed by atoms with Crippen molar-refractivity contribution >= 4 is 23.1 Å². The molecule has 2 aromatic heterocycles. The van der Waals surface area contributed by atoms with E-state index >= 15 is 0 Å². The van der Waals surface area contributed by atoms with E-state index in [-0.39, 0.29) is 23.3 Å². The molecule has 2 saturated carbocycles. The number of imidazole rings is 1. The van der Waals surface area contributed by atoms with Gasteiger partial charge in [0.25, 0.3) is 5.56 Å². The highest BCUT2D eigenvalue weighted by molar-refractivity contribution is 5.96. The third kappa shape index (κ3) is 6.13. The van der Waals surface area contributed by atoms with Gasteiger partial charge in [0, 0.05) is 63.0 Å². The predicted octanol–water partition coefficient (Wildman–Crippen LogP) is 3.74. The number of fused-ring (bicyclic) bond motifs is 1. The van der Waals surface area contributed by atoms with Crippen LogP contribution in [0, 0.1) is 0 Å². The number of hydrogen-bond acceptors (Lipinski definition) is 6. The highest BCUT2D eigenvalue weighted by Crippen LogP contribution is 2.32. The number of aromatic nitrogens is 4. The van der Waals surface area contributed by atoms with E-state index in [4.69, 9.17) is 10.7 Å². The van der Waals surface area contributed by atoms with Crippen molar-refractivity contribution in [2.45, 2.75) is 82.7 Å². The number of carbonyl (C=O) groups excluding carboxylic acids is 1. The fraction of sp³-hybridized carbons (Fsp3) is 0.576. The number of nitrogens with two attached hydrogens (primary N) is 1. The van der Waals surface area contributed by atoms with Gasteiger partial charge in [-0.3, -0.25) is 18.7 Å². The van der Waals surface area contributed by atoms with E-state index in [1.165, 1.54) is 11.0 Å². The van der Waals surface area contributed by atoms with E-state index in [0.29, 0.717) is 29.0 Å². The maximum Gasteiger partial charge on any atom is 0.333 e. The van der Waals surface area contributed by atoms with E-state index in [1.807, 2.05) is 46.5 Å². The molecule has 3 heterocycles. The summed E-state index contributed by atoms with van der Waals surface area (Å²) in [6.45, 7) is 4.67. The van der Waals surface area contributed by atoms with Crippen LogP contribution in [-0.2, 0) is 11.8 Å². The number of benzene rings is 1. The minimum absolute atomic E-state index is 0.0597. The Morgan fingerprint density at radius 1 is 0.930 bits per heavy atom. The normalized spacial score (nSPS) is 19.7. The van der Waals surface area contributed by atoms with Gasteiger partial charge in [0.1, 0.15) is 5.82 Å². The molecule has 6 rings (SSSR count). The Bertz CT molecular complexity index is 1600. The number of piperazine rings is 1. The fourth-order valence-electron chi connectivity index (χ4n) is 7.31. The minimum Gasteiger partial charge on any atom is -0.366 e. The second kappa shape index (κ2) is 13.0. The first kappa shape index (κ1) is 29.6. The molecule has 10 heteroatoms. The van der Waals surface area contributed by atoms with Gasteiger partial charge in [-0.15, -0.1) is 0 Å². The van der Waals surface area contributed by atoms with Gasteiger partial charge in [-0.05, 0) is 43.7 Å². The third-order valence-electron chi connectivity index (χ3n) is 9.74. The number of primary amides is 1. The molecular formula is C33H45N7O3. The molecule has 1 saturated heterocycles. The summed E-state index contributed by atoms with van der Waals surface area (Å²) in [5.74, 6) is 0.256. The Kier molecular flexibility index (Phi) is 8.95. The Labute approximate surface area is 252 Å². The largest absolute Gasteiger partial charge is 0.366 e. The van der Waals surface area contributed by atoms with Crippen molar-refractivity contribution < 1.29 is 4.79 Å². The Morgan fingerprint density at radius 3 is 2.14 bits per heavy atom. The predicted molar refractivity (Wildman–Crippen MR) is 170 cm³/mol. The monoisotopic (exact) mass is 587 g/mol. The number of carbonyl (C=O) groups is 1. The molecular weight excluding hydrogens is 542 g/mol. The van der Waals surface area contributed by atoms with Crippen molar-refractivity contribution in [2.75, 3.05) is 32.7 Å². The lowest BCUT2D eigenvalue weighted by molar-refractivity contribution is -0.114. The standard InChI is InChI=1S/C33H45N7O3/c1-37-30(24-14-12-23(13-15-24)22-25(29(34)41)16-19-38-20-17-35-18-21-38)36-28-31(37)39(26-8-4-2-5-9-26)33(43)40(32(28)42)27-10-6-3-7-11-27/h12-15,22,26-27,35H,2-11,16-21H2,1H3,(H2,34,41)/b25-22+. The summed E-state index contributed by atoms with van der Waals surface area (Å²) < 4.78 is 5.35. The van der Waals surface area contributed by atoms with Crippen LogP contribution in [-0.4, -0.2) is 62.2 Å². The third-order valence-corrected chi connectivity index (χ3v) is 9.74. The first-order valence-electron chi connectivity index (χ1n) is 16.2. The molecule has 3 aliphatic rings. The first-order chi connectivity index (χ1) is 20.9. The topological polar surface area (TPSA) is 120 Å². The lowest BCUT2D eigenvalue weighted by Crippen LogP contribution is -2.44. The van der Waals surface area contributed by atoms with Gasteiger partial charge >= 0.3 is 5.69 Å². The SMILES string of the molecule is Cn1c(-c2ccc(/C=C(\CCN3CCNCC3)C(N)=O)cc2)nc2c(=O)n(C3CCCCC3)c(=O)n(C3CCCCC3)c21. The summed E-state index contributed by atoms with van der Waals surface area (Å²) in [7, 11) is 1.91. The lowest BCUT2D eigenvalue weighted by Gasteiger charge is -2.28.